The van der Waals surface area contributed by atoms with E-state index in [1.54, 1.807) is 7.85 Å². The van der Waals surface area contributed by atoms with E-state index in [1.165, 1.54) is 0 Å². The molecule has 1 saturated heterocycles. The summed E-state index contributed by atoms with van der Waals surface area (Å²) in [6.07, 6.45) is -1.64. The Morgan fingerprint density at radius 2 is 2.58 bits per heavy atom. The molecule has 0 aromatic rings. The van der Waals surface area contributed by atoms with E-state index >= 15 is 0 Å². The second kappa shape index (κ2) is 4.32. The second-order valence-electron chi connectivity index (χ2n) is 2.39. The molecule has 0 bridgehead atoms. The number of ether oxygens (including phenoxy) is 3. The van der Waals surface area contributed by atoms with Gasteiger partial charge >= 0.3 is 6.16 Å². The maximum Gasteiger partial charge on any atom is 0.508 e. The topological polar surface area (TPSA) is 65.0 Å². The summed E-state index contributed by atoms with van der Waals surface area (Å²) in [6, 6.07) is 0. The van der Waals surface area contributed by atoms with Gasteiger partial charge in [0.15, 0.2) is 6.10 Å². The molecule has 0 radical (unpaired) electrons. The number of hydrogen-bond acceptors (Lipinski definition) is 5. The summed E-state index contributed by atoms with van der Waals surface area (Å²) in [5, 5.41) is 8.83. The highest BCUT2D eigenvalue weighted by Gasteiger charge is 2.32. The van der Waals surface area contributed by atoms with Crippen molar-refractivity contribution in [3.8, 4) is 0 Å². The van der Waals surface area contributed by atoms with Crippen molar-refractivity contribution in [2.45, 2.75) is 12.2 Å². The lowest BCUT2D eigenvalue weighted by Gasteiger charge is -2.17. The minimum absolute atomic E-state index is 0.157. The molecule has 2 atom stereocenters. The first-order chi connectivity index (χ1) is 5.77. The van der Waals surface area contributed by atoms with Crippen molar-refractivity contribution in [2.24, 2.45) is 0 Å². The number of aliphatic hydroxyl groups excluding tert-OH is 1. The van der Waals surface area contributed by atoms with Crippen molar-refractivity contribution in [1.29, 1.82) is 0 Å². The summed E-state index contributed by atoms with van der Waals surface area (Å²) in [5.41, 5.74) is 0. The molecular weight excluding hydrogens is 163 g/mol. The van der Waals surface area contributed by atoms with E-state index in [0.29, 0.717) is 6.51 Å². The number of hydrogen-bond donors (Lipinski definition) is 1. The van der Waals surface area contributed by atoms with E-state index < -0.39 is 18.4 Å². The third-order valence-corrected chi connectivity index (χ3v) is 1.59. The molecule has 0 aromatic carbocycles. The highest BCUT2D eigenvalue weighted by Crippen LogP contribution is 2.12. The molecule has 5 nitrogen and oxygen atoms in total. The van der Waals surface area contributed by atoms with Crippen LogP contribution in [0.15, 0.2) is 0 Å². The van der Waals surface area contributed by atoms with Crippen molar-refractivity contribution in [1.82, 2.24) is 0 Å². The van der Waals surface area contributed by atoms with Gasteiger partial charge in [-0.25, -0.2) is 4.79 Å². The highest BCUT2D eigenvalue weighted by atomic mass is 16.8. The minimum Gasteiger partial charge on any atom is -0.430 e. The maximum absolute atomic E-state index is 10.5. The number of carbonyl (C=O) groups excluding carboxylic acids is 1. The molecule has 0 amide bonds. The van der Waals surface area contributed by atoms with Gasteiger partial charge in [-0.1, -0.05) is 0 Å². The fourth-order valence-corrected chi connectivity index (χ4v) is 1.02. The van der Waals surface area contributed by atoms with Gasteiger partial charge in [0, 0.05) is 6.51 Å². The van der Waals surface area contributed by atoms with Crippen LogP contribution in [0, 0.1) is 0 Å². The molecule has 0 spiro atoms. The van der Waals surface area contributed by atoms with Crippen molar-refractivity contribution >= 4 is 14.0 Å². The summed E-state index contributed by atoms with van der Waals surface area (Å²) >= 11 is 0. The van der Waals surface area contributed by atoms with Gasteiger partial charge in [0.1, 0.15) is 20.6 Å². The molecule has 68 valence electrons. The Hall–Kier alpha value is -0.745. The zero-order chi connectivity index (χ0) is 8.97. The number of carbonyl (C=O) groups is 1. The molecule has 0 aliphatic carbocycles. The lowest BCUT2D eigenvalue weighted by atomic mass is 10.2. The molecule has 1 rings (SSSR count). The fourth-order valence-electron chi connectivity index (χ4n) is 1.02. The third-order valence-electron chi connectivity index (χ3n) is 1.59. The fraction of sp³-hybridized carbons (Fsp3) is 0.833. The van der Waals surface area contributed by atoms with Crippen molar-refractivity contribution in [3.05, 3.63) is 0 Å². The summed E-state index contributed by atoms with van der Waals surface area (Å²) in [7, 11) is 1.81. The molecule has 0 saturated carbocycles. The maximum atomic E-state index is 10.5. The smallest absolute Gasteiger partial charge is 0.430 e. The normalized spacial score (nSPS) is 24.8. The van der Waals surface area contributed by atoms with Crippen LogP contribution in [0.2, 0.25) is 0 Å². The van der Waals surface area contributed by atoms with Crippen LogP contribution in [0.5, 0.6) is 0 Å². The molecule has 12 heavy (non-hydrogen) atoms. The SMILES string of the molecule is BCO[C@H](CO)[C@H]1COC(=O)O1. The molecule has 1 fully saturated rings. The summed E-state index contributed by atoms with van der Waals surface area (Å²) in [4.78, 5) is 10.5. The van der Waals surface area contributed by atoms with E-state index in [1.807, 2.05) is 0 Å². The lowest BCUT2D eigenvalue weighted by Crippen LogP contribution is -2.34. The predicted octanol–water partition coefficient (Wildman–Crippen LogP) is -1.51. The first-order valence-corrected chi connectivity index (χ1v) is 3.83. The van der Waals surface area contributed by atoms with Gasteiger partial charge < -0.3 is 19.3 Å². The molecule has 0 aromatic heterocycles. The Labute approximate surface area is 71.0 Å². The standard InChI is InChI=1S/C6H11BO5/c7-3-11-4(1-8)5-2-10-6(9)12-5/h4-5,8H,1-3,7H2/t4-,5-/m1/s1. The van der Waals surface area contributed by atoms with E-state index in [4.69, 9.17) is 14.6 Å². The zero-order valence-corrected chi connectivity index (χ0v) is 6.86. The van der Waals surface area contributed by atoms with Gasteiger partial charge in [0.2, 0.25) is 0 Å². The van der Waals surface area contributed by atoms with Crippen LogP contribution < -0.4 is 0 Å². The number of aliphatic hydroxyl groups is 1. The Balaban J connectivity index is 2.38. The molecule has 6 heteroatoms. The molecule has 1 heterocycles. The average molecular weight is 174 g/mol. The largest absolute Gasteiger partial charge is 0.508 e. The van der Waals surface area contributed by atoms with Gasteiger partial charge in [0.05, 0.1) is 6.61 Å². The average Bonchev–Trinajstić information content (AvgIpc) is 2.47. The first-order valence-electron chi connectivity index (χ1n) is 3.83. The third kappa shape index (κ3) is 2.12. The van der Waals surface area contributed by atoms with Crippen molar-refractivity contribution in [2.75, 3.05) is 19.7 Å². The molecule has 1 aliphatic heterocycles. The van der Waals surface area contributed by atoms with Crippen molar-refractivity contribution < 1.29 is 24.1 Å². The number of rotatable bonds is 4. The molecule has 0 unspecified atom stereocenters. The van der Waals surface area contributed by atoms with Gasteiger partial charge in [-0.15, -0.1) is 0 Å². The Morgan fingerprint density at radius 3 is 3.00 bits per heavy atom. The van der Waals surface area contributed by atoms with E-state index in [9.17, 15) is 4.79 Å². The quantitative estimate of drug-likeness (QED) is 0.414. The van der Waals surface area contributed by atoms with Crippen LogP contribution in [-0.4, -0.2) is 51.0 Å². The Morgan fingerprint density at radius 1 is 1.83 bits per heavy atom. The lowest BCUT2D eigenvalue weighted by molar-refractivity contribution is -0.0364. The van der Waals surface area contributed by atoms with Gasteiger partial charge in [-0.05, 0) is 0 Å². The monoisotopic (exact) mass is 174 g/mol. The van der Waals surface area contributed by atoms with Crippen LogP contribution in [-0.2, 0) is 14.2 Å². The van der Waals surface area contributed by atoms with Crippen molar-refractivity contribution in [3.63, 3.8) is 0 Å². The zero-order valence-electron chi connectivity index (χ0n) is 6.86. The predicted molar refractivity (Wildman–Crippen MR) is 41.6 cm³/mol. The van der Waals surface area contributed by atoms with Gasteiger partial charge in [-0.3, -0.25) is 0 Å². The minimum atomic E-state index is -0.696. The number of cyclic esters (lactones) is 2. The summed E-state index contributed by atoms with van der Waals surface area (Å²) in [5.74, 6) is 0. The summed E-state index contributed by atoms with van der Waals surface area (Å²) in [6.45, 7) is 0.457. The van der Waals surface area contributed by atoms with Crippen LogP contribution in [0.4, 0.5) is 4.79 Å². The molecule has 1 N–H and O–H groups in total. The molecular formula is C6H11BO5. The first kappa shape index (κ1) is 9.34. The van der Waals surface area contributed by atoms with E-state index in [0.717, 1.165) is 0 Å². The summed E-state index contributed by atoms with van der Waals surface area (Å²) < 4.78 is 14.4. The van der Waals surface area contributed by atoms with Gasteiger partial charge in [0.25, 0.3) is 0 Å². The Kier molecular flexibility index (Phi) is 3.37. The van der Waals surface area contributed by atoms with E-state index in [2.05, 4.69) is 4.74 Å². The Bertz CT molecular complexity index is 162. The van der Waals surface area contributed by atoms with Crippen LogP contribution in [0.1, 0.15) is 0 Å². The highest BCUT2D eigenvalue weighted by molar-refractivity contribution is 6.08. The van der Waals surface area contributed by atoms with Crippen LogP contribution >= 0.6 is 0 Å². The molecule has 1 aliphatic rings. The van der Waals surface area contributed by atoms with Gasteiger partial charge in [-0.2, -0.15) is 0 Å². The van der Waals surface area contributed by atoms with Crippen LogP contribution in [0.25, 0.3) is 0 Å². The van der Waals surface area contributed by atoms with E-state index in [-0.39, 0.29) is 13.2 Å². The second-order valence-corrected chi connectivity index (χ2v) is 2.39. The van der Waals surface area contributed by atoms with Crippen LogP contribution in [0.3, 0.4) is 0 Å².